The van der Waals surface area contributed by atoms with Crippen LogP contribution in [0.4, 0.5) is 10.1 Å². The number of rotatable bonds is 15. The van der Waals surface area contributed by atoms with Crippen molar-refractivity contribution < 1.29 is 63.1 Å². The first-order chi connectivity index (χ1) is 28.9. The Hall–Kier alpha value is -4.17. The molecule has 0 bridgehead atoms. The molecule has 18 heteroatoms. The van der Waals surface area contributed by atoms with Gasteiger partial charge in [0.2, 0.25) is 17.7 Å². The Morgan fingerprint density at radius 3 is 2.56 bits per heavy atom. The highest BCUT2D eigenvalue weighted by molar-refractivity contribution is 9.09. The number of ketones is 2. The second-order valence-electron chi connectivity index (χ2n) is 17.0. The van der Waals surface area contributed by atoms with Gasteiger partial charge in [0.25, 0.3) is 0 Å². The summed E-state index contributed by atoms with van der Waals surface area (Å²) in [4.78, 5) is 76.5. The van der Waals surface area contributed by atoms with E-state index in [4.69, 9.17) is 9.47 Å². The number of alkyl halides is 2. The minimum atomic E-state index is -2.12. The zero-order valence-electron chi connectivity index (χ0n) is 33.6. The fourth-order valence-corrected chi connectivity index (χ4v) is 11.9. The molecule has 61 heavy (non-hydrogen) atoms. The molecule has 7 N–H and O–H groups in total. The largest absolute Gasteiger partial charge is 0.481 e. The molecule has 0 radical (unpaired) electrons. The second-order valence-corrected chi connectivity index (χ2v) is 18.7. The maximum absolute atomic E-state index is 17.8. The lowest BCUT2D eigenvalue weighted by Gasteiger charge is -2.62. The van der Waals surface area contributed by atoms with Crippen LogP contribution < -0.4 is 16.0 Å². The van der Waals surface area contributed by atoms with Gasteiger partial charge in [-0.05, 0) is 80.9 Å². The van der Waals surface area contributed by atoms with Gasteiger partial charge in [-0.3, -0.25) is 28.8 Å². The predicted octanol–water partition coefficient (Wildman–Crippen LogP) is 3.33. The number of aliphatic hydroxyl groups excluding tert-OH is 3. The summed E-state index contributed by atoms with van der Waals surface area (Å²) in [5.74, 6) is -5.01. The van der Waals surface area contributed by atoms with Gasteiger partial charge in [0.15, 0.2) is 29.1 Å². The number of carboxylic acids is 1. The number of amides is 3. The highest BCUT2D eigenvalue weighted by atomic mass is 79.9. The summed E-state index contributed by atoms with van der Waals surface area (Å²) in [6.07, 6.45) is 1.67. The smallest absolute Gasteiger partial charge is 0.303 e. The number of nitrogens with one attached hydrogen (secondary N) is 3. The third kappa shape index (κ3) is 7.71. The van der Waals surface area contributed by atoms with Crippen LogP contribution >= 0.6 is 27.3 Å². The van der Waals surface area contributed by atoms with Gasteiger partial charge in [0.1, 0.15) is 12.6 Å². The van der Waals surface area contributed by atoms with Crippen molar-refractivity contribution in [1.29, 1.82) is 0 Å². The Morgan fingerprint density at radius 1 is 1.08 bits per heavy atom. The molecule has 328 valence electrons. The number of benzene rings is 1. The van der Waals surface area contributed by atoms with Gasteiger partial charge in [-0.25, -0.2) is 4.39 Å². The fraction of sp³-hybridized carbons (Fsp3) is 0.535. The first-order valence-corrected chi connectivity index (χ1v) is 22.1. The van der Waals surface area contributed by atoms with Crippen molar-refractivity contribution in [3.63, 3.8) is 0 Å². The fourth-order valence-electron chi connectivity index (χ4n) is 10.7. The molecule has 3 saturated carbocycles. The van der Waals surface area contributed by atoms with Gasteiger partial charge < -0.3 is 45.9 Å². The van der Waals surface area contributed by atoms with Crippen molar-refractivity contribution in [2.45, 2.75) is 101 Å². The zero-order chi connectivity index (χ0) is 44.1. The highest BCUT2D eigenvalue weighted by Gasteiger charge is 2.79. The van der Waals surface area contributed by atoms with Crippen molar-refractivity contribution in [2.75, 3.05) is 23.8 Å². The normalized spacial score (nSPS) is 32.7. The van der Waals surface area contributed by atoms with E-state index in [1.807, 2.05) is 13.0 Å². The maximum Gasteiger partial charge on any atom is 0.303 e. The lowest BCUT2D eigenvalue weighted by Crippen LogP contribution is -2.69. The van der Waals surface area contributed by atoms with E-state index >= 15 is 4.39 Å². The van der Waals surface area contributed by atoms with Gasteiger partial charge >= 0.3 is 5.97 Å². The van der Waals surface area contributed by atoms with E-state index in [0.717, 1.165) is 10.4 Å². The van der Waals surface area contributed by atoms with Gasteiger partial charge in [-0.2, -0.15) is 0 Å². The summed E-state index contributed by atoms with van der Waals surface area (Å²) in [7, 11) is 0. The number of allylic oxidation sites excluding steroid dienone is 4. The third-order valence-electron chi connectivity index (χ3n) is 13.7. The lowest BCUT2D eigenvalue weighted by molar-refractivity contribution is -0.231. The summed E-state index contributed by atoms with van der Waals surface area (Å²) >= 11 is 4.33. The minimum absolute atomic E-state index is 0.0376. The molecule has 1 saturated heterocycles. The number of ether oxygens (including phenoxy) is 2. The number of hydrogen-bond donors (Lipinski definition) is 7. The van der Waals surface area contributed by atoms with E-state index in [1.54, 1.807) is 37.3 Å². The number of fused-ring (bicyclic) bond motifs is 7. The number of Topliss-reactive ketones (excluding diaryl/α,β-unsaturated/α-hetero) is 1. The molecule has 0 unspecified atom stereocenters. The molecular weight excluding hydrogens is 881 g/mol. The Morgan fingerprint density at radius 2 is 1.85 bits per heavy atom. The molecule has 15 nitrogen and oxygen atoms in total. The van der Waals surface area contributed by atoms with Crippen LogP contribution in [-0.4, -0.2) is 104 Å². The maximum atomic E-state index is 17.8. The van der Waals surface area contributed by atoms with Gasteiger partial charge in [-0.15, -0.1) is 11.3 Å². The zero-order valence-corrected chi connectivity index (χ0v) is 36.0. The summed E-state index contributed by atoms with van der Waals surface area (Å²) in [5.41, 5.74) is -4.14. The van der Waals surface area contributed by atoms with E-state index in [0.29, 0.717) is 35.3 Å². The number of aliphatic carboxylic acids is 1. The highest BCUT2D eigenvalue weighted by Crippen LogP contribution is 2.72. The molecule has 0 spiro atoms. The Bertz CT molecular complexity index is 2200. The Balaban J connectivity index is 1.08. The molecular formula is C43H49BrFN3O12S. The van der Waals surface area contributed by atoms with Crippen molar-refractivity contribution in [3.05, 3.63) is 75.0 Å². The molecule has 2 heterocycles. The van der Waals surface area contributed by atoms with E-state index in [2.05, 4.69) is 31.9 Å². The average molecular weight is 931 g/mol. The van der Waals surface area contributed by atoms with Gasteiger partial charge in [0, 0.05) is 45.7 Å². The summed E-state index contributed by atoms with van der Waals surface area (Å²) < 4.78 is 31.0. The SMILES string of the molecule is C[C@]12C=CC(=O)C=C1CC[C@H]1[C@@H]3C[C@H]4O[C@@H](c5ccc(Cc6ccc(CO)c(NC(=O)[C@H](CCC(=O)O)NC(=O)CNC(=O)CBr)c6)s5)O[C@@]4(C(=O)CO)[C@@]3(C)C[C@H](O)[C@@]12F. The van der Waals surface area contributed by atoms with Crippen molar-refractivity contribution in [1.82, 2.24) is 10.6 Å². The molecule has 3 amide bonds. The van der Waals surface area contributed by atoms with Crippen LogP contribution in [0.3, 0.4) is 0 Å². The molecule has 1 aliphatic heterocycles. The monoisotopic (exact) mass is 929 g/mol. The van der Waals surface area contributed by atoms with Crippen molar-refractivity contribution in [3.8, 4) is 0 Å². The Labute approximate surface area is 363 Å². The van der Waals surface area contributed by atoms with Crippen molar-refractivity contribution >= 4 is 68.2 Å². The second kappa shape index (κ2) is 17.2. The van der Waals surface area contributed by atoms with Crippen LogP contribution in [0.25, 0.3) is 0 Å². The predicted molar refractivity (Wildman–Crippen MR) is 221 cm³/mol. The quantitative estimate of drug-likeness (QED) is 0.128. The van der Waals surface area contributed by atoms with Gasteiger partial charge in [-0.1, -0.05) is 46.6 Å². The number of hydrogen-bond acceptors (Lipinski definition) is 12. The third-order valence-corrected chi connectivity index (χ3v) is 15.3. The van der Waals surface area contributed by atoms with Gasteiger partial charge in [0.05, 0.1) is 35.6 Å². The standard InChI is InChI=1S/C43H49BrFN3O12S/c1-40-12-11-25(51)15-24(40)5-7-27-28-16-34-43(33(53)21-50,41(28,2)17-32(52)42(27,40)45)60-39(59-34)31-9-6-26(61-31)13-22-3-4-23(20-49)30(14-22)48-38(58)29(8-10-37(56)57)47-36(55)19-46-35(54)18-44/h3-4,6,9,11-12,14-15,27-29,32,34,39,49-50,52H,5,7-8,10,13,16-21H2,1-2H3,(H,46,54)(H,47,55)(H,48,58)(H,56,57)/t27-,28-,29-,32-,34+,39+,40-,41-,42-,43+/m0/s1. The van der Waals surface area contributed by atoms with E-state index in [-0.39, 0.29) is 36.1 Å². The van der Waals surface area contributed by atoms with Crippen LogP contribution in [-0.2, 0) is 51.3 Å². The Kier molecular flexibility index (Phi) is 12.6. The van der Waals surface area contributed by atoms with Crippen LogP contribution in [0.5, 0.6) is 0 Å². The van der Waals surface area contributed by atoms with Crippen molar-refractivity contribution in [2.24, 2.45) is 22.7 Å². The van der Waals surface area contributed by atoms with Crippen LogP contribution in [0.15, 0.2) is 54.1 Å². The summed E-state index contributed by atoms with van der Waals surface area (Å²) in [5, 5.41) is 49.0. The molecule has 2 aromatic rings. The number of anilines is 1. The average Bonchev–Trinajstić information content (AvgIpc) is 3.92. The number of carbonyl (C=O) groups is 6. The number of aliphatic hydroxyl groups is 3. The topological polar surface area (TPSA) is 238 Å². The number of carbonyl (C=O) groups excluding carboxylic acids is 5. The first kappa shape index (κ1) is 44.9. The molecule has 10 atom stereocenters. The number of halogens is 2. The molecule has 1 aromatic carbocycles. The minimum Gasteiger partial charge on any atom is -0.481 e. The van der Waals surface area contributed by atoms with Crippen LogP contribution in [0, 0.1) is 22.7 Å². The lowest BCUT2D eigenvalue weighted by atomic mass is 9.44. The molecule has 4 fully saturated rings. The summed E-state index contributed by atoms with van der Waals surface area (Å²) in [6.45, 7) is 1.84. The molecule has 4 aliphatic carbocycles. The number of thiophene rings is 1. The summed E-state index contributed by atoms with van der Waals surface area (Å²) in [6, 6.07) is 7.45. The van der Waals surface area contributed by atoms with Crippen LogP contribution in [0.2, 0.25) is 0 Å². The van der Waals surface area contributed by atoms with E-state index in [1.165, 1.54) is 23.5 Å². The van der Waals surface area contributed by atoms with E-state index in [9.17, 15) is 49.2 Å². The molecule has 1 aromatic heterocycles. The van der Waals surface area contributed by atoms with Crippen LogP contribution in [0.1, 0.15) is 79.5 Å². The molecule has 5 aliphatic rings. The molecule has 7 rings (SSSR count). The first-order valence-electron chi connectivity index (χ1n) is 20.2. The van der Waals surface area contributed by atoms with E-state index < -0.39 is 114 Å². The number of carboxylic acid groups (broad SMARTS) is 1.